The zero-order chi connectivity index (χ0) is 14.7. The smallest absolute Gasteiger partial charge is 0.295 e. The van der Waals surface area contributed by atoms with E-state index in [9.17, 15) is 14.5 Å². The standard InChI is InChI=1S/C14H15FN2O2S/c1-3-11(14-5-4-6-20-14)16-12-7-9(2)10(15)8-13(12)17(18)19/h4-8,11,16H,3H2,1-2H3. The van der Waals surface area contributed by atoms with Crippen molar-refractivity contribution in [3.8, 4) is 0 Å². The number of nitrogens with zero attached hydrogens (tertiary/aromatic N) is 1. The summed E-state index contributed by atoms with van der Waals surface area (Å²) in [5.74, 6) is -0.563. The molecule has 0 saturated heterocycles. The number of hydrogen-bond donors (Lipinski definition) is 1. The molecular weight excluding hydrogens is 279 g/mol. The molecule has 1 heterocycles. The van der Waals surface area contributed by atoms with E-state index < -0.39 is 10.7 Å². The van der Waals surface area contributed by atoms with Crippen LogP contribution in [0.3, 0.4) is 0 Å². The van der Waals surface area contributed by atoms with Crippen LogP contribution in [-0.2, 0) is 0 Å². The quantitative estimate of drug-likeness (QED) is 0.644. The lowest BCUT2D eigenvalue weighted by atomic mass is 10.1. The fourth-order valence-corrected chi connectivity index (χ4v) is 2.85. The molecule has 0 saturated carbocycles. The molecule has 1 aromatic heterocycles. The Kier molecular flexibility index (Phi) is 4.34. The maximum Gasteiger partial charge on any atom is 0.295 e. The first-order valence-electron chi connectivity index (χ1n) is 6.27. The van der Waals surface area contributed by atoms with E-state index in [0.717, 1.165) is 17.4 Å². The van der Waals surface area contributed by atoms with Crippen LogP contribution in [0.1, 0.15) is 29.8 Å². The molecule has 0 fully saturated rings. The van der Waals surface area contributed by atoms with Gasteiger partial charge in [0.15, 0.2) is 0 Å². The molecule has 0 aliphatic carbocycles. The van der Waals surface area contributed by atoms with Crippen molar-refractivity contribution in [3.05, 3.63) is 56.0 Å². The van der Waals surface area contributed by atoms with Crippen molar-refractivity contribution in [1.29, 1.82) is 0 Å². The molecule has 1 unspecified atom stereocenters. The number of nitrogens with one attached hydrogen (secondary N) is 1. The molecule has 0 aliphatic rings. The van der Waals surface area contributed by atoms with E-state index in [0.29, 0.717) is 11.3 Å². The van der Waals surface area contributed by atoms with E-state index in [4.69, 9.17) is 0 Å². The summed E-state index contributed by atoms with van der Waals surface area (Å²) in [6.45, 7) is 3.59. The first-order chi connectivity index (χ1) is 9.52. The van der Waals surface area contributed by atoms with Gasteiger partial charge in [0.2, 0.25) is 0 Å². The van der Waals surface area contributed by atoms with E-state index in [2.05, 4.69) is 5.32 Å². The lowest BCUT2D eigenvalue weighted by molar-refractivity contribution is -0.384. The number of aryl methyl sites for hydroxylation is 1. The predicted molar refractivity (Wildman–Crippen MR) is 78.8 cm³/mol. The van der Waals surface area contributed by atoms with Crippen LogP contribution in [0, 0.1) is 22.9 Å². The Bertz CT molecular complexity index is 614. The molecule has 1 atom stereocenters. The maximum absolute atomic E-state index is 13.5. The first kappa shape index (κ1) is 14.5. The Balaban J connectivity index is 2.37. The Morgan fingerprint density at radius 2 is 2.25 bits per heavy atom. The largest absolute Gasteiger partial charge is 0.372 e. The van der Waals surface area contributed by atoms with Crippen LogP contribution in [0.4, 0.5) is 15.8 Å². The summed E-state index contributed by atoms with van der Waals surface area (Å²) in [6.07, 6.45) is 0.786. The number of benzene rings is 1. The molecule has 106 valence electrons. The molecule has 0 amide bonds. The van der Waals surface area contributed by atoms with Crippen LogP contribution in [0.15, 0.2) is 29.6 Å². The maximum atomic E-state index is 13.5. The minimum atomic E-state index is -0.563. The summed E-state index contributed by atoms with van der Waals surface area (Å²) >= 11 is 1.59. The van der Waals surface area contributed by atoms with E-state index in [1.54, 1.807) is 18.3 Å². The van der Waals surface area contributed by atoms with Gasteiger partial charge in [-0.25, -0.2) is 4.39 Å². The average molecular weight is 294 g/mol. The van der Waals surface area contributed by atoms with Gasteiger partial charge in [0, 0.05) is 4.88 Å². The molecule has 0 aliphatic heterocycles. The Morgan fingerprint density at radius 1 is 1.50 bits per heavy atom. The third-order valence-electron chi connectivity index (χ3n) is 3.10. The van der Waals surface area contributed by atoms with Gasteiger partial charge in [-0.15, -0.1) is 11.3 Å². The Morgan fingerprint density at radius 3 is 2.80 bits per heavy atom. The third-order valence-corrected chi connectivity index (χ3v) is 4.08. The molecule has 6 heteroatoms. The van der Waals surface area contributed by atoms with Crippen molar-refractivity contribution in [2.45, 2.75) is 26.3 Å². The number of halogens is 1. The molecule has 20 heavy (non-hydrogen) atoms. The van der Waals surface area contributed by atoms with Gasteiger partial charge in [0.05, 0.1) is 17.0 Å². The van der Waals surface area contributed by atoms with Crippen LogP contribution >= 0.6 is 11.3 Å². The summed E-state index contributed by atoms with van der Waals surface area (Å²) in [5, 5.41) is 16.2. The fraction of sp³-hybridized carbons (Fsp3) is 0.286. The molecule has 0 bridgehead atoms. The van der Waals surface area contributed by atoms with E-state index >= 15 is 0 Å². The van der Waals surface area contributed by atoms with Gasteiger partial charge in [0.1, 0.15) is 11.5 Å². The van der Waals surface area contributed by atoms with Crippen molar-refractivity contribution in [2.24, 2.45) is 0 Å². The van der Waals surface area contributed by atoms with Gasteiger partial charge in [-0.2, -0.15) is 0 Å². The normalized spacial score (nSPS) is 12.2. The first-order valence-corrected chi connectivity index (χ1v) is 7.15. The van der Waals surface area contributed by atoms with Gasteiger partial charge >= 0.3 is 0 Å². The lowest BCUT2D eigenvalue weighted by Gasteiger charge is -2.17. The Hall–Kier alpha value is -1.95. The number of hydrogen-bond acceptors (Lipinski definition) is 4. The fourth-order valence-electron chi connectivity index (χ4n) is 1.99. The molecule has 1 aromatic carbocycles. The van der Waals surface area contributed by atoms with Crippen LogP contribution < -0.4 is 5.32 Å². The summed E-state index contributed by atoms with van der Waals surface area (Å²) in [7, 11) is 0. The van der Waals surface area contributed by atoms with Gasteiger partial charge < -0.3 is 5.32 Å². The van der Waals surface area contributed by atoms with Crippen molar-refractivity contribution >= 4 is 22.7 Å². The van der Waals surface area contributed by atoms with Crippen LogP contribution in [0.5, 0.6) is 0 Å². The van der Waals surface area contributed by atoms with Gasteiger partial charge in [-0.1, -0.05) is 13.0 Å². The number of anilines is 1. The second kappa shape index (κ2) is 6.00. The third kappa shape index (κ3) is 2.96. The van der Waals surface area contributed by atoms with Crippen molar-refractivity contribution in [3.63, 3.8) is 0 Å². The molecule has 2 rings (SSSR count). The summed E-state index contributed by atoms with van der Waals surface area (Å²) < 4.78 is 13.5. The number of rotatable bonds is 5. The van der Waals surface area contributed by atoms with Crippen LogP contribution in [0.2, 0.25) is 0 Å². The molecule has 0 spiro atoms. The van der Waals surface area contributed by atoms with Crippen molar-refractivity contribution < 1.29 is 9.31 Å². The van der Waals surface area contributed by atoms with Gasteiger partial charge in [0.25, 0.3) is 5.69 Å². The highest BCUT2D eigenvalue weighted by molar-refractivity contribution is 7.10. The molecule has 0 radical (unpaired) electrons. The zero-order valence-corrected chi connectivity index (χ0v) is 12.0. The molecule has 2 aromatic rings. The SMILES string of the molecule is CCC(Nc1cc(C)c(F)cc1[N+](=O)[O-])c1cccs1. The number of nitro benzene ring substituents is 1. The highest BCUT2D eigenvalue weighted by Crippen LogP contribution is 2.33. The molecule has 1 N–H and O–H groups in total. The summed E-state index contributed by atoms with van der Waals surface area (Å²) in [4.78, 5) is 11.6. The number of nitro groups is 1. The predicted octanol–water partition coefficient (Wildman–Crippen LogP) is 4.67. The lowest BCUT2D eigenvalue weighted by Crippen LogP contribution is -2.10. The average Bonchev–Trinajstić information content (AvgIpc) is 2.93. The van der Waals surface area contributed by atoms with E-state index in [1.165, 1.54) is 6.07 Å². The topological polar surface area (TPSA) is 55.2 Å². The summed E-state index contributed by atoms with van der Waals surface area (Å²) in [5.41, 5.74) is 0.511. The highest BCUT2D eigenvalue weighted by Gasteiger charge is 2.20. The Labute approximate surface area is 120 Å². The van der Waals surface area contributed by atoms with Crippen molar-refractivity contribution in [1.82, 2.24) is 0 Å². The monoisotopic (exact) mass is 294 g/mol. The summed E-state index contributed by atoms with van der Waals surface area (Å²) in [6, 6.07) is 6.36. The van der Waals surface area contributed by atoms with Gasteiger partial charge in [-0.05, 0) is 36.4 Å². The van der Waals surface area contributed by atoms with Crippen LogP contribution in [-0.4, -0.2) is 4.92 Å². The minimum Gasteiger partial charge on any atom is -0.372 e. The van der Waals surface area contributed by atoms with E-state index in [-0.39, 0.29) is 11.7 Å². The second-order valence-corrected chi connectivity index (χ2v) is 5.48. The zero-order valence-electron chi connectivity index (χ0n) is 11.2. The molecular formula is C14H15FN2O2S. The second-order valence-electron chi connectivity index (χ2n) is 4.50. The number of thiophene rings is 1. The molecule has 4 nitrogen and oxygen atoms in total. The van der Waals surface area contributed by atoms with Crippen molar-refractivity contribution in [2.75, 3.05) is 5.32 Å². The highest BCUT2D eigenvalue weighted by atomic mass is 32.1. The minimum absolute atomic E-state index is 0.0152. The van der Waals surface area contributed by atoms with Crippen LogP contribution in [0.25, 0.3) is 0 Å². The van der Waals surface area contributed by atoms with E-state index in [1.807, 2.05) is 24.4 Å². The van der Waals surface area contributed by atoms with Gasteiger partial charge in [-0.3, -0.25) is 10.1 Å².